The normalized spacial score (nSPS) is 22.6. The minimum atomic E-state index is -3.79. The van der Waals surface area contributed by atoms with Crippen molar-refractivity contribution in [3.8, 4) is 0 Å². The molecule has 1 aliphatic rings. The van der Waals surface area contributed by atoms with Gasteiger partial charge in [0.25, 0.3) is 10.2 Å². The third-order valence-electron chi connectivity index (χ3n) is 3.34. The van der Waals surface area contributed by atoms with Crippen LogP contribution in [0.5, 0.6) is 0 Å². The summed E-state index contributed by atoms with van der Waals surface area (Å²) in [4.78, 5) is 12.1. The molecule has 0 aliphatic carbocycles. The van der Waals surface area contributed by atoms with Crippen molar-refractivity contribution >= 4 is 27.5 Å². The van der Waals surface area contributed by atoms with Crippen LogP contribution in [0.4, 0.5) is 0 Å². The lowest BCUT2D eigenvalue weighted by Crippen LogP contribution is -2.52. The van der Waals surface area contributed by atoms with Gasteiger partial charge in [-0.25, -0.2) is 0 Å². The molecule has 1 aromatic rings. The molecule has 20 heavy (non-hydrogen) atoms. The molecule has 1 aliphatic heterocycles. The zero-order chi connectivity index (χ0) is 14.8. The summed E-state index contributed by atoms with van der Waals surface area (Å²) in [6.07, 6.45) is 1.80. The fraction of sp³-hybridized carbons (Fsp3) is 0.583. The molecule has 112 valence electrons. The maximum absolute atomic E-state index is 12.4. The van der Waals surface area contributed by atoms with Crippen LogP contribution in [0.25, 0.3) is 0 Å². The Balaban J connectivity index is 2.14. The van der Waals surface area contributed by atoms with Gasteiger partial charge in [0.1, 0.15) is 6.04 Å². The van der Waals surface area contributed by atoms with Crippen LogP contribution < -0.4 is 4.72 Å². The number of carbonyl (C=O) groups is 1. The topological polar surface area (TPSA) is 86.7 Å². The zero-order valence-electron chi connectivity index (χ0n) is 11.2. The smallest absolute Gasteiger partial charge is 0.322 e. The summed E-state index contributed by atoms with van der Waals surface area (Å²) in [5.41, 5.74) is 0. The molecule has 2 N–H and O–H groups in total. The Hall–Kier alpha value is -0.960. The third-order valence-corrected chi connectivity index (χ3v) is 6.10. The number of thiophene rings is 1. The van der Waals surface area contributed by atoms with E-state index in [2.05, 4.69) is 4.72 Å². The van der Waals surface area contributed by atoms with Crippen molar-refractivity contribution in [2.24, 2.45) is 0 Å². The fourth-order valence-electron chi connectivity index (χ4n) is 2.33. The lowest BCUT2D eigenvalue weighted by atomic mass is 10.1. The van der Waals surface area contributed by atoms with Crippen LogP contribution in [0, 0.1) is 0 Å². The SMILES string of the molecule is CC(NS(=O)(=O)N1CCCCC1C(=O)O)c1cccs1. The molecule has 0 saturated carbocycles. The maximum atomic E-state index is 12.4. The summed E-state index contributed by atoms with van der Waals surface area (Å²) in [6.45, 7) is 2.01. The van der Waals surface area contributed by atoms with Gasteiger partial charge >= 0.3 is 5.97 Å². The predicted octanol–water partition coefficient (Wildman–Crippen LogP) is 1.58. The molecular weight excluding hydrogens is 300 g/mol. The third kappa shape index (κ3) is 3.38. The zero-order valence-corrected chi connectivity index (χ0v) is 12.8. The largest absolute Gasteiger partial charge is 0.480 e. The Morgan fingerprint density at radius 1 is 1.55 bits per heavy atom. The molecular formula is C12H18N2O4S2. The van der Waals surface area contributed by atoms with Gasteiger partial charge in [-0.1, -0.05) is 6.07 Å². The number of rotatable bonds is 5. The molecule has 0 bridgehead atoms. The molecule has 2 atom stereocenters. The standard InChI is InChI=1S/C12H18N2O4S2/c1-9(11-6-4-8-19-11)13-20(17,18)14-7-3-2-5-10(14)12(15)16/h4,6,8-10,13H,2-3,5,7H2,1H3,(H,15,16). The van der Waals surface area contributed by atoms with E-state index in [-0.39, 0.29) is 12.6 Å². The first-order valence-electron chi connectivity index (χ1n) is 6.47. The number of carboxylic acids is 1. The fourth-order valence-corrected chi connectivity index (χ4v) is 4.74. The van der Waals surface area contributed by atoms with Crippen molar-refractivity contribution in [1.82, 2.24) is 9.03 Å². The molecule has 2 rings (SSSR count). The number of carboxylic acid groups (broad SMARTS) is 1. The van der Waals surface area contributed by atoms with Crippen LogP contribution in [0.3, 0.4) is 0 Å². The Morgan fingerprint density at radius 3 is 2.90 bits per heavy atom. The summed E-state index contributed by atoms with van der Waals surface area (Å²) in [6, 6.07) is 2.38. The molecule has 0 aromatic carbocycles. The number of nitrogens with zero attached hydrogens (tertiary/aromatic N) is 1. The first-order valence-corrected chi connectivity index (χ1v) is 8.79. The van der Waals surface area contributed by atoms with E-state index >= 15 is 0 Å². The second-order valence-corrected chi connectivity index (χ2v) is 7.45. The van der Waals surface area contributed by atoms with Crippen molar-refractivity contribution in [3.05, 3.63) is 22.4 Å². The highest BCUT2D eigenvalue weighted by atomic mass is 32.2. The van der Waals surface area contributed by atoms with Crippen molar-refractivity contribution in [1.29, 1.82) is 0 Å². The Kier molecular flexibility index (Phi) is 4.79. The summed E-state index contributed by atoms with van der Waals surface area (Å²) in [7, 11) is -3.79. The molecule has 1 saturated heterocycles. The van der Waals surface area contributed by atoms with Crippen molar-refractivity contribution in [2.75, 3.05) is 6.54 Å². The van der Waals surface area contributed by atoms with Crippen molar-refractivity contribution in [2.45, 2.75) is 38.3 Å². The van der Waals surface area contributed by atoms with Crippen LogP contribution in [-0.2, 0) is 15.0 Å². The Morgan fingerprint density at radius 2 is 2.30 bits per heavy atom. The van der Waals surface area contributed by atoms with Crippen molar-refractivity contribution in [3.63, 3.8) is 0 Å². The molecule has 0 amide bonds. The number of hydrogen-bond donors (Lipinski definition) is 2. The molecule has 2 unspecified atom stereocenters. The number of hydrogen-bond acceptors (Lipinski definition) is 4. The van der Waals surface area contributed by atoms with Gasteiger partial charge in [-0.15, -0.1) is 11.3 Å². The Labute approximate surface area is 122 Å². The van der Waals surface area contributed by atoms with Crippen LogP contribution in [0.2, 0.25) is 0 Å². The second-order valence-electron chi connectivity index (χ2n) is 4.82. The van der Waals surface area contributed by atoms with E-state index < -0.39 is 22.2 Å². The van der Waals surface area contributed by atoms with Crippen LogP contribution in [0.1, 0.15) is 37.1 Å². The van der Waals surface area contributed by atoms with Gasteiger partial charge in [0, 0.05) is 11.4 Å². The first kappa shape index (κ1) is 15.4. The van der Waals surface area contributed by atoms with E-state index in [1.807, 2.05) is 17.5 Å². The average molecular weight is 318 g/mol. The monoisotopic (exact) mass is 318 g/mol. The molecule has 1 aromatic heterocycles. The summed E-state index contributed by atoms with van der Waals surface area (Å²) in [5, 5.41) is 11.0. The Bertz CT molecular complexity index is 556. The van der Waals surface area contributed by atoms with E-state index in [9.17, 15) is 13.2 Å². The lowest BCUT2D eigenvalue weighted by Gasteiger charge is -2.32. The van der Waals surface area contributed by atoms with Crippen LogP contribution in [0.15, 0.2) is 17.5 Å². The quantitative estimate of drug-likeness (QED) is 0.863. The highest BCUT2D eigenvalue weighted by Crippen LogP contribution is 2.23. The van der Waals surface area contributed by atoms with Crippen LogP contribution in [-0.4, -0.2) is 36.4 Å². The molecule has 6 nitrogen and oxygen atoms in total. The minimum Gasteiger partial charge on any atom is -0.480 e. The van der Waals surface area contributed by atoms with E-state index in [1.54, 1.807) is 6.92 Å². The number of piperidine rings is 1. The molecule has 0 radical (unpaired) electrons. The maximum Gasteiger partial charge on any atom is 0.322 e. The highest BCUT2D eigenvalue weighted by molar-refractivity contribution is 7.87. The van der Waals surface area contributed by atoms with Crippen molar-refractivity contribution < 1.29 is 18.3 Å². The summed E-state index contributed by atoms with van der Waals surface area (Å²) >= 11 is 1.46. The number of aliphatic carboxylic acids is 1. The van der Waals surface area contributed by atoms with Gasteiger partial charge in [-0.3, -0.25) is 4.79 Å². The van der Waals surface area contributed by atoms with Gasteiger partial charge in [0.15, 0.2) is 0 Å². The average Bonchev–Trinajstić information content (AvgIpc) is 2.92. The molecule has 2 heterocycles. The molecule has 0 spiro atoms. The molecule has 8 heteroatoms. The predicted molar refractivity (Wildman–Crippen MR) is 76.8 cm³/mol. The van der Waals surface area contributed by atoms with E-state index in [0.717, 1.165) is 15.6 Å². The first-order chi connectivity index (χ1) is 9.42. The number of nitrogens with one attached hydrogen (secondary N) is 1. The summed E-state index contributed by atoms with van der Waals surface area (Å²) < 4.78 is 28.4. The van der Waals surface area contributed by atoms with E-state index in [1.165, 1.54) is 11.3 Å². The lowest BCUT2D eigenvalue weighted by molar-refractivity contribution is -0.142. The minimum absolute atomic E-state index is 0.253. The van der Waals surface area contributed by atoms with Gasteiger partial charge in [0.05, 0.1) is 6.04 Å². The van der Waals surface area contributed by atoms with Gasteiger partial charge < -0.3 is 5.11 Å². The van der Waals surface area contributed by atoms with Crippen LogP contribution >= 0.6 is 11.3 Å². The van der Waals surface area contributed by atoms with Gasteiger partial charge in [-0.2, -0.15) is 17.4 Å². The van der Waals surface area contributed by atoms with Gasteiger partial charge in [0.2, 0.25) is 0 Å². The molecule has 1 fully saturated rings. The van der Waals surface area contributed by atoms with E-state index in [0.29, 0.717) is 12.8 Å². The van der Waals surface area contributed by atoms with E-state index in [4.69, 9.17) is 5.11 Å². The van der Waals surface area contributed by atoms with Gasteiger partial charge in [-0.05, 0) is 37.6 Å². The highest BCUT2D eigenvalue weighted by Gasteiger charge is 2.37. The summed E-state index contributed by atoms with van der Waals surface area (Å²) in [5.74, 6) is -1.08. The second kappa shape index (κ2) is 6.21.